The Kier molecular flexibility index (Phi) is 7.23. The van der Waals surface area contributed by atoms with Crippen LogP contribution in [0.1, 0.15) is 18.4 Å². The van der Waals surface area contributed by atoms with Gasteiger partial charge in [-0.3, -0.25) is 14.5 Å². The van der Waals surface area contributed by atoms with Gasteiger partial charge in [-0.25, -0.2) is 4.39 Å². The summed E-state index contributed by atoms with van der Waals surface area (Å²) in [4.78, 5) is 30.9. The van der Waals surface area contributed by atoms with Gasteiger partial charge in [-0.1, -0.05) is 41.9 Å². The van der Waals surface area contributed by atoms with Crippen LogP contribution < -0.4 is 10.2 Å². The maximum atomic E-state index is 14.2. The summed E-state index contributed by atoms with van der Waals surface area (Å²) in [6.45, 7) is -0.194. The summed E-state index contributed by atoms with van der Waals surface area (Å²) in [5, 5.41) is 1.96. The van der Waals surface area contributed by atoms with Gasteiger partial charge in [0.2, 0.25) is 11.8 Å². The maximum absolute atomic E-state index is 14.2. The molecule has 0 aliphatic carbocycles. The number of carbonyl (C=O) groups excluding carboxylic acids is 2. The van der Waals surface area contributed by atoms with E-state index in [1.165, 1.54) is 11.0 Å². The van der Waals surface area contributed by atoms with E-state index in [4.69, 9.17) is 11.6 Å². The van der Waals surface area contributed by atoms with Crippen LogP contribution >= 0.6 is 11.6 Å². The van der Waals surface area contributed by atoms with Crippen molar-refractivity contribution in [2.45, 2.75) is 31.1 Å². The molecule has 1 spiro atoms. The van der Waals surface area contributed by atoms with Crippen LogP contribution in [0.2, 0.25) is 5.02 Å². The molecule has 2 aromatic carbocycles. The second-order valence-corrected chi connectivity index (χ2v) is 9.32. The molecule has 0 unspecified atom stereocenters. The first-order valence-corrected chi connectivity index (χ1v) is 11.6. The average molecular weight is 513 g/mol. The zero-order valence-corrected chi connectivity index (χ0v) is 19.6. The van der Waals surface area contributed by atoms with Gasteiger partial charge in [-0.05, 0) is 36.6 Å². The minimum Gasteiger partial charge on any atom is -0.345 e. The summed E-state index contributed by atoms with van der Waals surface area (Å²) < 4.78 is 51.6. The highest BCUT2D eigenvalue weighted by Crippen LogP contribution is 2.40. The van der Waals surface area contributed by atoms with Gasteiger partial charge in [0, 0.05) is 30.3 Å². The molecule has 2 aliphatic rings. The SMILES string of the molecule is O=C(CN1CN(c2cc(F)cc(Cl)c2)C2(CCN(Cc3ccccc3)CC2)C1=O)NCC(F)(F)F. The molecular weight excluding hydrogens is 488 g/mol. The molecule has 0 radical (unpaired) electrons. The highest BCUT2D eigenvalue weighted by Gasteiger charge is 2.54. The van der Waals surface area contributed by atoms with E-state index in [0.717, 1.165) is 11.6 Å². The van der Waals surface area contributed by atoms with Gasteiger partial charge in [-0.2, -0.15) is 13.2 Å². The van der Waals surface area contributed by atoms with Crippen molar-refractivity contribution in [3.8, 4) is 0 Å². The van der Waals surface area contributed by atoms with Crippen molar-refractivity contribution < 1.29 is 27.2 Å². The van der Waals surface area contributed by atoms with Gasteiger partial charge >= 0.3 is 6.18 Å². The van der Waals surface area contributed by atoms with Gasteiger partial charge in [-0.15, -0.1) is 0 Å². The van der Waals surface area contributed by atoms with Crippen LogP contribution in [-0.4, -0.2) is 66.2 Å². The van der Waals surface area contributed by atoms with E-state index < -0.39 is 36.5 Å². The van der Waals surface area contributed by atoms with Crippen LogP contribution in [-0.2, 0) is 16.1 Å². The summed E-state index contributed by atoms with van der Waals surface area (Å²) in [6.07, 6.45) is -3.73. The van der Waals surface area contributed by atoms with Gasteiger partial charge in [0.05, 0.1) is 6.67 Å². The van der Waals surface area contributed by atoms with E-state index >= 15 is 0 Å². The van der Waals surface area contributed by atoms with Crippen molar-refractivity contribution >= 4 is 29.1 Å². The fourth-order valence-electron chi connectivity index (χ4n) is 4.76. The van der Waals surface area contributed by atoms with E-state index in [9.17, 15) is 27.2 Å². The normalized spacial score (nSPS) is 18.4. The van der Waals surface area contributed by atoms with E-state index in [2.05, 4.69) is 4.90 Å². The molecule has 0 bridgehead atoms. The van der Waals surface area contributed by atoms with Gasteiger partial charge in [0.25, 0.3) is 0 Å². The number of anilines is 1. The first-order valence-electron chi connectivity index (χ1n) is 11.2. The number of piperidine rings is 1. The number of alkyl halides is 3. The lowest BCUT2D eigenvalue weighted by atomic mass is 9.85. The molecule has 6 nitrogen and oxygen atoms in total. The average Bonchev–Trinajstić information content (AvgIpc) is 3.05. The number of nitrogens with one attached hydrogen (secondary N) is 1. The molecule has 0 atom stereocenters. The molecule has 2 aliphatic heterocycles. The minimum absolute atomic E-state index is 0.0588. The summed E-state index contributed by atoms with van der Waals surface area (Å²) in [5.74, 6) is -1.84. The maximum Gasteiger partial charge on any atom is 0.405 e. The zero-order valence-electron chi connectivity index (χ0n) is 18.8. The van der Waals surface area contributed by atoms with Crippen molar-refractivity contribution in [1.29, 1.82) is 0 Å². The highest BCUT2D eigenvalue weighted by molar-refractivity contribution is 6.30. The molecule has 2 amide bonds. The number of benzene rings is 2. The standard InChI is InChI=1S/C24H25ClF4N4O2/c25-18-10-19(26)12-20(11-18)33-16-32(14-21(34)30-15-24(27,28)29)22(35)23(33)6-8-31(9-7-23)13-17-4-2-1-3-5-17/h1-5,10-12H,6-9,13-16H2,(H,30,34). The zero-order chi connectivity index (χ0) is 25.2. The Hall–Kier alpha value is -2.85. The quantitative estimate of drug-likeness (QED) is 0.598. The lowest BCUT2D eigenvalue weighted by Gasteiger charge is -2.43. The van der Waals surface area contributed by atoms with E-state index in [1.807, 2.05) is 30.3 Å². The first-order chi connectivity index (χ1) is 16.6. The third-order valence-electron chi connectivity index (χ3n) is 6.43. The molecule has 11 heteroatoms. The minimum atomic E-state index is -4.55. The van der Waals surface area contributed by atoms with Crippen LogP contribution in [0.25, 0.3) is 0 Å². The predicted octanol–water partition coefficient (Wildman–Crippen LogP) is 3.80. The van der Waals surface area contributed by atoms with Crippen molar-refractivity contribution in [3.63, 3.8) is 0 Å². The molecule has 4 rings (SSSR count). The molecule has 0 saturated carbocycles. The van der Waals surface area contributed by atoms with Crippen molar-refractivity contribution in [1.82, 2.24) is 15.1 Å². The molecule has 2 fully saturated rings. The van der Waals surface area contributed by atoms with Crippen molar-refractivity contribution in [2.75, 3.05) is 37.7 Å². The van der Waals surface area contributed by atoms with E-state index in [0.29, 0.717) is 38.2 Å². The topological polar surface area (TPSA) is 55.9 Å². The van der Waals surface area contributed by atoms with Crippen LogP contribution in [0.5, 0.6) is 0 Å². The first kappa shape index (κ1) is 25.2. The molecular formula is C24H25ClF4N4O2. The number of hydrogen-bond donors (Lipinski definition) is 1. The number of rotatable bonds is 6. The smallest absolute Gasteiger partial charge is 0.345 e. The Labute approximate surface area is 205 Å². The Bertz CT molecular complexity index is 1050. The summed E-state index contributed by atoms with van der Waals surface area (Å²) in [6, 6.07) is 13.9. The molecule has 2 aromatic rings. The third kappa shape index (κ3) is 5.87. The van der Waals surface area contributed by atoms with Gasteiger partial charge < -0.3 is 15.1 Å². The summed E-state index contributed by atoms with van der Waals surface area (Å²) in [7, 11) is 0. The van der Waals surface area contributed by atoms with E-state index in [1.54, 1.807) is 16.3 Å². The van der Waals surface area contributed by atoms with Crippen LogP contribution in [0, 0.1) is 5.82 Å². The molecule has 1 N–H and O–H groups in total. The molecule has 188 valence electrons. The molecule has 0 aromatic heterocycles. The number of amides is 2. The van der Waals surface area contributed by atoms with Crippen molar-refractivity contribution in [2.24, 2.45) is 0 Å². The number of likely N-dealkylation sites (tertiary alicyclic amines) is 1. The van der Waals surface area contributed by atoms with Crippen LogP contribution in [0.3, 0.4) is 0 Å². The fourth-order valence-corrected chi connectivity index (χ4v) is 4.98. The van der Waals surface area contributed by atoms with Crippen molar-refractivity contribution in [3.05, 3.63) is 64.9 Å². The number of nitrogens with zero attached hydrogens (tertiary/aromatic N) is 3. The lowest BCUT2D eigenvalue weighted by Crippen LogP contribution is -2.56. The van der Waals surface area contributed by atoms with Crippen LogP contribution in [0.4, 0.5) is 23.2 Å². The fraction of sp³-hybridized carbons (Fsp3) is 0.417. The number of hydrogen-bond acceptors (Lipinski definition) is 4. The Morgan fingerprint density at radius 2 is 1.77 bits per heavy atom. The van der Waals surface area contributed by atoms with E-state index in [-0.39, 0.29) is 17.6 Å². The second kappa shape index (κ2) is 10.0. The number of carbonyl (C=O) groups is 2. The van der Waals surface area contributed by atoms with Gasteiger partial charge in [0.15, 0.2) is 0 Å². The monoisotopic (exact) mass is 512 g/mol. The Morgan fingerprint density at radius 3 is 2.40 bits per heavy atom. The van der Waals surface area contributed by atoms with Gasteiger partial charge in [0.1, 0.15) is 24.4 Å². The third-order valence-corrected chi connectivity index (χ3v) is 6.64. The highest BCUT2D eigenvalue weighted by atomic mass is 35.5. The summed E-state index contributed by atoms with van der Waals surface area (Å²) in [5.41, 5.74) is 0.477. The summed E-state index contributed by atoms with van der Waals surface area (Å²) >= 11 is 6.07. The molecule has 35 heavy (non-hydrogen) atoms. The predicted molar refractivity (Wildman–Crippen MR) is 123 cm³/mol. The Balaban J connectivity index is 1.54. The molecule has 2 saturated heterocycles. The lowest BCUT2D eigenvalue weighted by molar-refractivity contribution is -0.142. The van der Waals surface area contributed by atoms with Crippen LogP contribution in [0.15, 0.2) is 48.5 Å². The molecule has 2 heterocycles. The Morgan fingerprint density at radius 1 is 1.09 bits per heavy atom. The second-order valence-electron chi connectivity index (χ2n) is 8.89. The number of halogens is 5. The largest absolute Gasteiger partial charge is 0.405 e.